The first-order chi connectivity index (χ1) is 13.0. The number of thioether (sulfide) groups is 1. The number of hydrogen-bond acceptors (Lipinski definition) is 6. The van der Waals surface area contributed by atoms with Gasteiger partial charge in [0, 0.05) is 22.8 Å². The SMILES string of the molecule is COc1ccc(-[n+]2noc([O-])c2SCC(=O)Nc2ccc(C)c(Cl)c2)cc1. The molecule has 0 spiro atoms. The smallest absolute Gasteiger partial charge is 0.298 e. The third-order valence-electron chi connectivity index (χ3n) is 3.68. The largest absolute Gasteiger partial charge is 0.538 e. The van der Waals surface area contributed by atoms with Crippen LogP contribution >= 0.6 is 23.4 Å². The fourth-order valence-corrected chi connectivity index (χ4v) is 3.19. The zero-order valence-electron chi connectivity index (χ0n) is 14.6. The van der Waals surface area contributed by atoms with Crippen molar-refractivity contribution in [2.45, 2.75) is 11.9 Å². The van der Waals surface area contributed by atoms with Crippen LogP contribution in [0.2, 0.25) is 5.02 Å². The van der Waals surface area contributed by atoms with Crippen LogP contribution in [0, 0.1) is 6.92 Å². The maximum atomic E-state index is 12.2. The predicted octanol–water partition coefficient (Wildman–Crippen LogP) is 2.73. The van der Waals surface area contributed by atoms with E-state index in [-0.39, 0.29) is 16.7 Å². The lowest BCUT2D eigenvalue weighted by Gasteiger charge is -2.06. The summed E-state index contributed by atoms with van der Waals surface area (Å²) in [4.78, 5) is 12.2. The van der Waals surface area contributed by atoms with Crippen LogP contribution in [0.1, 0.15) is 5.56 Å². The Balaban J connectivity index is 1.69. The van der Waals surface area contributed by atoms with E-state index < -0.39 is 5.95 Å². The molecule has 3 rings (SSSR count). The third kappa shape index (κ3) is 4.53. The molecular formula is C18H16ClN3O4S. The number of aromatic nitrogens is 2. The average Bonchev–Trinajstić information content (AvgIpc) is 3.03. The third-order valence-corrected chi connectivity index (χ3v) is 5.11. The lowest BCUT2D eigenvalue weighted by atomic mass is 10.2. The van der Waals surface area contributed by atoms with E-state index >= 15 is 0 Å². The summed E-state index contributed by atoms with van der Waals surface area (Å²) in [5, 5.41) is 19.2. The molecule has 9 heteroatoms. The number of hydrogen-bond donors (Lipinski definition) is 1. The second-order valence-electron chi connectivity index (χ2n) is 5.58. The number of rotatable bonds is 6. The molecule has 0 saturated heterocycles. The molecule has 0 fully saturated rings. The van der Waals surface area contributed by atoms with Crippen molar-refractivity contribution in [3.8, 4) is 17.4 Å². The van der Waals surface area contributed by atoms with Crippen molar-refractivity contribution in [1.29, 1.82) is 0 Å². The number of nitrogens with zero attached hydrogens (tertiary/aromatic N) is 2. The molecule has 1 heterocycles. The second kappa shape index (κ2) is 8.32. The van der Waals surface area contributed by atoms with Gasteiger partial charge < -0.3 is 19.7 Å². The van der Waals surface area contributed by atoms with Gasteiger partial charge >= 0.3 is 0 Å². The van der Waals surface area contributed by atoms with Crippen LogP contribution in [0.15, 0.2) is 52.0 Å². The zero-order chi connectivity index (χ0) is 19.4. The number of carbonyl (C=O) groups excluding carboxylic acids is 1. The Morgan fingerprint density at radius 1 is 1.33 bits per heavy atom. The lowest BCUT2D eigenvalue weighted by Crippen LogP contribution is -2.35. The van der Waals surface area contributed by atoms with Crippen molar-refractivity contribution in [3.63, 3.8) is 0 Å². The number of anilines is 1. The van der Waals surface area contributed by atoms with Crippen molar-refractivity contribution in [1.82, 2.24) is 5.27 Å². The molecule has 0 radical (unpaired) electrons. The van der Waals surface area contributed by atoms with Crippen LogP contribution in [0.5, 0.6) is 11.7 Å². The van der Waals surface area contributed by atoms with Gasteiger partial charge in [-0.1, -0.05) is 17.7 Å². The molecule has 7 nitrogen and oxygen atoms in total. The number of aryl methyl sites for hydroxylation is 1. The summed E-state index contributed by atoms with van der Waals surface area (Å²) < 4.78 is 11.2. The normalized spacial score (nSPS) is 10.6. The van der Waals surface area contributed by atoms with E-state index in [1.54, 1.807) is 43.5 Å². The highest BCUT2D eigenvalue weighted by Crippen LogP contribution is 2.25. The highest BCUT2D eigenvalue weighted by atomic mass is 35.5. The summed E-state index contributed by atoms with van der Waals surface area (Å²) in [6, 6.07) is 12.2. The van der Waals surface area contributed by atoms with Gasteiger partial charge in [0.15, 0.2) is 5.95 Å². The highest BCUT2D eigenvalue weighted by Gasteiger charge is 2.22. The van der Waals surface area contributed by atoms with Crippen LogP contribution in [-0.4, -0.2) is 24.0 Å². The van der Waals surface area contributed by atoms with Gasteiger partial charge in [-0.15, -0.1) is 0 Å². The van der Waals surface area contributed by atoms with Gasteiger partial charge in [-0.2, -0.15) is 0 Å². The molecule has 27 heavy (non-hydrogen) atoms. The number of amides is 1. The Hall–Kier alpha value is -2.71. The van der Waals surface area contributed by atoms with Gasteiger partial charge in [0.05, 0.1) is 18.1 Å². The van der Waals surface area contributed by atoms with E-state index in [9.17, 15) is 9.90 Å². The number of methoxy groups -OCH3 is 1. The molecular weight excluding hydrogens is 390 g/mol. The molecule has 0 aliphatic heterocycles. The number of benzene rings is 2. The van der Waals surface area contributed by atoms with Crippen molar-refractivity contribution >= 4 is 35.0 Å². The maximum Gasteiger partial charge on any atom is 0.298 e. The molecule has 1 amide bonds. The van der Waals surface area contributed by atoms with Gasteiger partial charge in [-0.25, -0.2) is 0 Å². The molecule has 0 atom stereocenters. The highest BCUT2D eigenvalue weighted by molar-refractivity contribution is 7.99. The molecule has 0 unspecified atom stereocenters. The molecule has 0 saturated carbocycles. The van der Waals surface area contributed by atoms with Crippen LogP contribution in [0.25, 0.3) is 5.69 Å². The number of nitrogens with one attached hydrogen (secondary N) is 1. The Morgan fingerprint density at radius 3 is 2.74 bits per heavy atom. The minimum atomic E-state index is -0.609. The Labute approximate surface area is 164 Å². The number of ether oxygens (including phenoxy) is 1. The van der Waals surface area contributed by atoms with Crippen molar-refractivity contribution in [3.05, 3.63) is 53.1 Å². The monoisotopic (exact) mass is 405 g/mol. The Bertz CT molecular complexity index is 960. The summed E-state index contributed by atoms with van der Waals surface area (Å²) in [5.74, 6) is -0.197. The van der Waals surface area contributed by atoms with Gasteiger partial charge in [-0.05, 0) is 53.2 Å². The number of carbonyl (C=O) groups is 1. The van der Waals surface area contributed by atoms with Crippen LogP contribution in [0.4, 0.5) is 5.69 Å². The van der Waals surface area contributed by atoms with E-state index in [1.807, 2.05) is 13.0 Å². The van der Waals surface area contributed by atoms with Gasteiger partial charge in [-0.3, -0.25) is 4.79 Å². The van der Waals surface area contributed by atoms with Crippen LogP contribution in [-0.2, 0) is 4.79 Å². The van der Waals surface area contributed by atoms with Crippen LogP contribution < -0.4 is 19.8 Å². The van der Waals surface area contributed by atoms with E-state index in [0.717, 1.165) is 17.3 Å². The van der Waals surface area contributed by atoms with Gasteiger partial charge in [0.1, 0.15) is 5.75 Å². The molecule has 0 aliphatic rings. The lowest BCUT2D eigenvalue weighted by molar-refractivity contribution is -0.705. The first kappa shape index (κ1) is 19.1. The Kier molecular flexibility index (Phi) is 5.88. The average molecular weight is 406 g/mol. The first-order valence-electron chi connectivity index (χ1n) is 7.90. The molecule has 140 valence electrons. The quantitative estimate of drug-likeness (QED) is 0.501. The molecule has 0 aliphatic carbocycles. The van der Waals surface area contributed by atoms with E-state index in [2.05, 4.69) is 10.6 Å². The van der Waals surface area contributed by atoms with E-state index in [0.29, 0.717) is 22.1 Å². The number of halogens is 1. The van der Waals surface area contributed by atoms with E-state index in [4.69, 9.17) is 20.9 Å². The predicted molar refractivity (Wildman–Crippen MR) is 99.6 cm³/mol. The van der Waals surface area contributed by atoms with Gasteiger partial charge in [0.25, 0.3) is 5.03 Å². The minimum absolute atomic E-state index is 0.0120. The standard InChI is InChI=1S/C18H16ClN3O4S/c1-11-3-4-12(9-15(11)19)20-16(23)10-27-17-18(24)26-21-22(17)13-5-7-14(25-2)8-6-13/h3-9H,10H2,1-2H3,(H-,20,21,23,24). The van der Waals surface area contributed by atoms with Crippen molar-refractivity contribution in [2.75, 3.05) is 18.2 Å². The minimum Gasteiger partial charge on any atom is -0.538 e. The second-order valence-corrected chi connectivity index (χ2v) is 6.95. The summed E-state index contributed by atoms with van der Waals surface area (Å²) in [6.45, 7) is 1.88. The summed E-state index contributed by atoms with van der Waals surface area (Å²) >= 11 is 7.09. The topological polar surface area (TPSA) is 91.3 Å². The maximum absolute atomic E-state index is 12.2. The summed E-state index contributed by atoms with van der Waals surface area (Å²) in [6.07, 6.45) is 0. The van der Waals surface area contributed by atoms with Crippen molar-refractivity contribution in [2.24, 2.45) is 0 Å². The first-order valence-corrected chi connectivity index (χ1v) is 9.26. The molecule has 1 aromatic heterocycles. The molecule has 0 bridgehead atoms. The Morgan fingerprint density at radius 2 is 2.07 bits per heavy atom. The molecule has 2 aromatic carbocycles. The van der Waals surface area contributed by atoms with Crippen LogP contribution in [0.3, 0.4) is 0 Å². The summed E-state index contributed by atoms with van der Waals surface area (Å²) in [7, 11) is 1.56. The van der Waals surface area contributed by atoms with E-state index in [1.165, 1.54) is 4.68 Å². The zero-order valence-corrected chi connectivity index (χ0v) is 16.1. The fourth-order valence-electron chi connectivity index (χ4n) is 2.25. The molecule has 3 aromatic rings. The summed E-state index contributed by atoms with van der Waals surface area (Å²) in [5.41, 5.74) is 2.13. The fraction of sp³-hybridized carbons (Fsp3) is 0.167. The molecule has 1 N–H and O–H groups in total. The van der Waals surface area contributed by atoms with Gasteiger partial charge in [0.2, 0.25) is 11.6 Å². The van der Waals surface area contributed by atoms with Crippen molar-refractivity contribution < 1.29 is 23.8 Å².